The van der Waals surface area contributed by atoms with E-state index in [1.165, 1.54) is 17.4 Å². The lowest BCUT2D eigenvalue weighted by atomic mass is 10.2. The summed E-state index contributed by atoms with van der Waals surface area (Å²) in [5.74, 6) is 1.69. The average molecular weight is 448 g/mol. The Bertz CT molecular complexity index is 1010. The molecule has 1 amide bonds. The third kappa shape index (κ3) is 6.22. The van der Waals surface area contributed by atoms with Crippen LogP contribution >= 0.6 is 34.7 Å². The van der Waals surface area contributed by atoms with E-state index in [4.69, 9.17) is 21.1 Å². The number of nitrogens with one attached hydrogen (secondary N) is 1. The molecule has 3 aromatic rings. The van der Waals surface area contributed by atoms with Crippen LogP contribution in [-0.2, 0) is 10.5 Å². The summed E-state index contributed by atoms with van der Waals surface area (Å²) >= 11 is 8.77. The van der Waals surface area contributed by atoms with Crippen LogP contribution in [-0.4, -0.2) is 30.3 Å². The molecule has 1 N–H and O–H groups in total. The quantitative estimate of drug-likeness (QED) is 0.292. The molecule has 0 saturated carbocycles. The minimum absolute atomic E-state index is 0.287. The van der Waals surface area contributed by atoms with E-state index in [1.807, 2.05) is 30.3 Å². The Kier molecular flexibility index (Phi) is 7.51. The van der Waals surface area contributed by atoms with Gasteiger partial charge in [-0.3, -0.25) is 10.1 Å². The van der Waals surface area contributed by atoms with Crippen molar-refractivity contribution in [3.63, 3.8) is 0 Å². The Morgan fingerprint density at radius 3 is 2.62 bits per heavy atom. The van der Waals surface area contributed by atoms with Gasteiger partial charge in [0.05, 0.1) is 14.2 Å². The van der Waals surface area contributed by atoms with E-state index in [0.717, 1.165) is 21.2 Å². The number of halogens is 1. The van der Waals surface area contributed by atoms with Crippen LogP contribution in [0.3, 0.4) is 0 Å². The highest BCUT2D eigenvalue weighted by molar-refractivity contribution is 8.00. The van der Waals surface area contributed by atoms with E-state index in [1.54, 1.807) is 44.2 Å². The molecule has 0 fully saturated rings. The number of hydrogen-bond acceptors (Lipinski definition) is 7. The Morgan fingerprint density at radius 1 is 1.14 bits per heavy atom. The molecular formula is C20H18ClN3O3S2. The molecule has 6 nitrogen and oxygen atoms in total. The smallest absolute Gasteiger partial charge is 0.250 e. The van der Waals surface area contributed by atoms with Crippen molar-refractivity contribution in [1.82, 2.24) is 10.2 Å². The molecule has 29 heavy (non-hydrogen) atoms. The fraction of sp³-hybridized carbons (Fsp3) is 0.150. The van der Waals surface area contributed by atoms with Crippen molar-refractivity contribution in [1.29, 1.82) is 0 Å². The first-order chi connectivity index (χ1) is 14.1. The van der Waals surface area contributed by atoms with Crippen molar-refractivity contribution in [2.75, 3.05) is 19.5 Å². The van der Waals surface area contributed by atoms with E-state index < -0.39 is 0 Å². The second kappa shape index (κ2) is 10.3. The maximum Gasteiger partial charge on any atom is 0.250 e. The summed E-state index contributed by atoms with van der Waals surface area (Å²) in [5.41, 5.74) is 1.95. The standard InChI is InChI=1S/C20H18ClN3O3S2/c1-26-16-9-5-13(11-17(16)27-2)6-10-18(25)22-19-23-24-20(29-19)28-12-14-3-7-15(21)8-4-14/h3-11H,12H2,1-2H3,(H,22,23,25)/b10-6+. The minimum atomic E-state index is -0.287. The molecule has 0 spiro atoms. The summed E-state index contributed by atoms with van der Waals surface area (Å²) < 4.78 is 11.2. The second-order valence-corrected chi connectivity index (χ2v) is 8.36. The van der Waals surface area contributed by atoms with Crippen LogP contribution < -0.4 is 14.8 Å². The van der Waals surface area contributed by atoms with Crippen molar-refractivity contribution in [2.45, 2.75) is 10.1 Å². The van der Waals surface area contributed by atoms with Crippen LogP contribution in [0, 0.1) is 0 Å². The van der Waals surface area contributed by atoms with Gasteiger partial charge in [0.15, 0.2) is 15.8 Å². The largest absolute Gasteiger partial charge is 0.493 e. The highest BCUT2D eigenvalue weighted by atomic mass is 35.5. The molecule has 0 bridgehead atoms. The number of ether oxygens (including phenoxy) is 2. The van der Waals surface area contributed by atoms with Gasteiger partial charge in [-0.05, 0) is 41.5 Å². The Labute approximate surface area is 181 Å². The summed E-state index contributed by atoms with van der Waals surface area (Å²) in [6, 6.07) is 13.1. The predicted octanol–water partition coefficient (Wildman–Crippen LogP) is 5.15. The van der Waals surface area contributed by atoms with E-state index in [0.29, 0.717) is 21.7 Å². The lowest BCUT2D eigenvalue weighted by Gasteiger charge is -2.07. The number of carbonyl (C=O) groups excluding carboxylic acids is 1. The molecule has 3 rings (SSSR count). The van der Waals surface area contributed by atoms with Crippen LogP contribution in [0.15, 0.2) is 52.9 Å². The van der Waals surface area contributed by atoms with Crippen LogP contribution in [0.2, 0.25) is 5.02 Å². The predicted molar refractivity (Wildman–Crippen MR) is 118 cm³/mol. The second-order valence-electron chi connectivity index (χ2n) is 5.73. The topological polar surface area (TPSA) is 73.3 Å². The van der Waals surface area contributed by atoms with E-state index in [2.05, 4.69) is 15.5 Å². The number of methoxy groups -OCH3 is 2. The van der Waals surface area contributed by atoms with Crippen LogP contribution in [0.5, 0.6) is 11.5 Å². The Hall–Kier alpha value is -2.55. The molecule has 0 aliphatic rings. The number of carbonyl (C=O) groups is 1. The first-order valence-corrected chi connectivity index (χ1v) is 10.7. The zero-order valence-electron chi connectivity index (χ0n) is 15.7. The van der Waals surface area contributed by atoms with E-state index in [9.17, 15) is 4.79 Å². The molecule has 0 aliphatic carbocycles. The molecule has 0 saturated heterocycles. The number of anilines is 1. The maximum atomic E-state index is 12.1. The lowest BCUT2D eigenvalue weighted by molar-refractivity contribution is -0.111. The molecule has 1 aromatic heterocycles. The van der Waals surface area contributed by atoms with Crippen molar-refractivity contribution in [3.05, 3.63) is 64.7 Å². The monoisotopic (exact) mass is 447 g/mol. The highest BCUT2D eigenvalue weighted by Crippen LogP contribution is 2.29. The molecule has 0 aliphatic heterocycles. The minimum Gasteiger partial charge on any atom is -0.493 e. The number of rotatable bonds is 8. The summed E-state index contributed by atoms with van der Waals surface area (Å²) in [5, 5.41) is 12.0. The number of nitrogens with zero attached hydrogens (tertiary/aromatic N) is 2. The fourth-order valence-electron chi connectivity index (χ4n) is 2.32. The van der Waals surface area contributed by atoms with Crippen molar-refractivity contribution in [3.8, 4) is 11.5 Å². The number of aromatic nitrogens is 2. The van der Waals surface area contributed by atoms with Crippen molar-refractivity contribution < 1.29 is 14.3 Å². The third-order valence-electron chi connectivity index (χ3n) is 3.75. The van der Waals surface area contributed by atoms with Gasteiger partial charge >= 0.3 is 0 Å². The van der Waals surface area contributed by atoms with E-state index >= 15 is 0 Å². The van der Waals surface area contributed by atoms with Gasteiger partial charge in [-0.2, -0.15) is 0 Å². The summed E-state index contributed by atoms with van der Waals surface area (Å²) in [7, 11) is 3.14. The van der Waals surface area contributed by atoms with Crippen LogP contribution in [0.25, 0.3) is 6.08 Å². The molecule has 1 heterocycles. The first kappa shape index (κ1) is 21.2. The summed E-state index contributed by atoms with van der Waals surface area (Å²) in [6.45, 7) is 0. The Balaban J connectivity index is 1.54. The van der Waals surface area contributed by atoms with Gasteiger partial charge < -0.3 is 9.47 Å². The van der Waals surface area contributed by atoms with Crippen molar-refractivity contribution >= 4 is 51.8 Å². The van der Waals surface area contributed by atoms with Gasteiger partial charge in [0.2, 0.25) is 11.0 Å². The van der Waals surface area contributed by atoms with E-state index in [-0.39, 0.29) is 5.91 Å². The molecule has 0 radical (unpaired) electrons. The number of amides is 1. The van der Waals surface area contributed by atoms with Gasteiger partial charge in [0.1, 0.15) is 0 Å². The number of hydrogen-bond donors (Lipinski definition) is 1. The zero-order chi connectivity index (χ0) is 20.6. The summed E-state index contributed by atoms with van der Waals surface area (Å²) in [6.07, 6.45) is 3.12. The highest BCUT2D eigenvalue weighted by Gasteiger charge is 2.08. The first-order valence-electron chi connectivity index (χ1n) is 8.49. The van der Waals surface area contributed by atoms with Gasteiger partial charge in [-0.25, -0.2) is 0 Å². The van der Waals surface area contributed by atoms with Crippen molar-refractivity contribution in [2.24, 2.45) is 0 Å². The van der Waals surface area contributed by atoms with Gasteiger partial charge in [0.25, 0.3) is 0 Å². The maximum absolute atomic E-state index is 12.1. The normalized spacial score (nSPS) is 10.9. The molecule has 9 heteroatoms. The van der Waals surface area contributed by atoms with Gasteiger partial charge in [-0.1, -0.05) is 52.9 Å². The zero-order valence-corrected chi connectivity index (χ0v) is 18.1. The SMILES string of the molecule is COc1ccc(/C=C/C(=O)Nc2nnc(SCc3ccc(Cl)cc3)s2)cc1OC. The molecular weight excluding hydrogens is 430 g/mol. The molecule has 150 valence electrons. The fourth-order valence-corrected chi connectivity index (χ4v) is 4.16. The lowest BCUT2D eigenvalue weighted by Crippen LogP contribution is -2.07. The molecule has 0 atom stereocenters. The molecule has 2 aromatic carbocycles. The van der Waals surface area contributed by atoms with Crippen LogP contribution in [0.1, 0.15) is 11.1 Å². The van der Waals surface area contributed by atoms with Crippen LogP contribution in [0.4, 0.5) is 5.13 Å². The van der Waals surface area contributed by atoms with Gasteiger partial charge in [-0.15, -0.1) is 10.2 Å². The molecule has 0 unspecified atom stereocenters. The third-order valence-corrected chi connectivity index (χ3v) is 6.04. The Morgan fingerprint density at radius 2 is 1.90 bits per heavy atom. The number of benzene rings is 2. The van der Waals surface area contributed by atoms with Gasteiger partial charge in [0, 0.05) is 16.9 Å². The number of thioether (sulfide) groups is 1. The summed E-state index contributed by atoms with van der Waals surface area (Å²) in [4.78, 5) is 12.1. The average Bonchev–Trinajstić information content (AvgIpc) is 3.18.